The van der Waals surface area contributed by atoms with Gasteiger partial charge in [0.25, 0.3) is 0 Å². The molecule has 0 unspecified atom stereocenters. The van der Waals surface area contributed by atoms with Crippen molar-refractivity contribution in [3.8, 4) is 11.5 Å². The number of thioether (sulfide) groups is 1. The number of ether oxygens (including phenoxy) is 2. The summed E-state index contributed by atoms with van der Waals surface area (Å²) in [7, 11) is 1.67. The van der Waals surface area contributed by atoms with Crippen molar-refractivity contribution in [1.29, 1.82) is 0 Å². The van der Waals surface area contributed by atoms with Gasteiger partial charge in [-0.3, -0.25) is 0 Å². The van der Waals surface area contributed by atoms with Gasteiger partial charge in [0.15, 0.2) is 0 Å². The second kappa shape index (κ2) is 14.0. The van der Waals surface area contributed by atoms with Gasteiger partial charge in [0.2, 0.25) is 0 Å². The van der Waals surface area contributed by atoms with E-state index >= 15 is 0 Å². The molecule has 4 nitrogen and oxygen atoms in total. The summed E-state index contributed by atoms with van der Waals surface area (Å²) >= 11 is 1.80. The molecule has 0 bridgehead atoms. The molecular weight excluding hydrogens is 453 g/mol. The van der Waals surface area contributed by atoms with Gasteiger partial charge in [-0.05, 0) is 67.8 Å². The van der Waals surface area contributed by atoms with Crippen molar-refractivity contribution in [3.63, 3.8) is 0 Å². The predicted molar refractivity (Wildman–Crippen MR) is 123 cm³/mol. The molecule has 0 spiro atoms. The summed E-state index contributed by atoms with van der Waals surface area (Å²) in [5.74, 6) is 2.24. The van der Waals surface area contributed by atoms with Crippen LogP contribution in [0.15, 0.2) is 47.4 Å². The average Bonchev–Trinajstić information content (AvgIpc) is 2.77. The highest BCUT2D eigenvalue weighted by Gasteiger charge is 2.31. The zero-order chi connectivity index (χ0) is 24.9. The third-order valence-electron chi connectivity index (χ3n) is 5.20. The van der Waals surface area contributed by atoms with Crippen molar-refractivity contribution in [3.05, 3.63) is 53.6 Å². The van der Waals surface area contributed by atoms with Crippen LogP contribution in [0, 0.1) is 12.3 Å². The Morgan fingerprint density at radius 3 is 2.00 bits per heavy atom. The van der Waals surface area contributed by atoms with Crippen molar-refractivity contribution in [2.75, 3.05) is 19.5 Å². The molecule has 2 aromatic rings. The Balaban J connectivity index is 0.00000172. The monoisotopic (exact) mass is 484 g/mol. The van der Waals surface area contributed by atoms with Gasteiger partial charge in [0.05, 0.1) is 19.3 Å². The minimum Gasteiger partial charge on any atom is -0.496 e. The van der Waals surface area contributed by atoms with Crippen molar-refractivity contribution < 1.29 is 32.2 Å². The summed E-state index contributed by atoms with van der Waals surface area (Å²) in [5, 5.41) is 0. The first-order chi connectivity index (χ1) is 15.6. The van der Waals surface area contributed by atoms with Crippen LogP contribution in [0.25, 0.3) is 0 Å². The number of alkyl halides is 3. The number of rotatable bonds is 11. The minimum atomic E-state index is -4.33. The summed E-state index contributed by atoms with van der Waals surface area (Å²) in [6.07, 6.45) is -0.0236. The van der Waals surface area contributed by atoms with Gasteiger partial charge >= 0.3 is 12.3 Å². The quantitative estimate of drug-likeness (QED) is 0.316. The van der Waals surface area contributed by atoms with Gasteiger partial charge in [0.1, 0.15) is 11.5 Å². The third kappa shape index (κ3) is 9.52. The highest BCUT2D eigenvalue weighted by atomic mass is 32.2. The van der Waals surface area contributed by atoms with E-state index in [-0.39, 0.29) is 11.6 Å². The first kappa shape index (κ1) is 28.6. The first-order valence-corrected chi connectivity index (χ1v) is 11.7. The second-order valence-corrected chi connectivity index (χ2v) is 8.86. The fraction of sp³-hybridized carbons (Fsp3) is 0.480. The van der Waals surface area contributed by atoms with Crippen LogP contribution in [0.1, 0.15) is 50.7 Å². The molecule has 182 valence electrons. The Labute approximate surface area is 197 Å². The van der Waals surface area contributed by atoms with E-state index in [1.165, 1.54) is 17.0 Å². The molecule has 2 rings (SSSR count). The van der Waals surface area contributed by atoms with Gasteiger partial charge in [-0.1, -0.05) is 26.7 Å². The normalized spacial score (nSPS) is 11.2. The van der Waals surface area contributed by atoms with E-state index in [4.69, 9.17) is 19.1 Å². The Kier molecular flexibility index (Phi) is 12.1. The van der Waals surface area contributed by atoms with Gasteiger partial charge in [-0.25, -0.2) is 0 Å². The molecule has 0 atom stereocenters. The van der Waals surface area contributed by atoms with Gasteiger partial charge in [-0.2, -0.15) is 22.8 Å². The highest BCUT2D eigenvalue weighted by molar-refractivity contribution is 7.99. The Hall–Kier alpha value is -2.44. The van der Waals surface area contributed by atoms with E-state index < -0.39 is 11.7 Å². The predicted octanol–water partition coefficient (Wildman–Crippen LogP) is 7.20. The lowest BCUT2D eigenvalue weighted by Crippen LogP contribution is -2.31. The van der Waals surface area contributed by atoms with Crippen LogP contribution in [-0.2, 0) is 15.8 Å². The molecule has 33 heavy (non-hydrogen) atoms. The maximum Gasteiger partial charge on any atom is 0.416 e. The summed E-state index contributed by atoms with van der Waals surface area (Å²) in [4.78, 5) is 17.4. The number of hydrogen-bond acceptors (Lipinski definition) is 5. The van der Waals surface area contributed by atoms with Crippen LogP contribution in [0.5, 0.6) is 11.5 Å². The van der Waals surface area contributed by atoms with Crippen LogP contribution >= 0.6 is 11.8 Å². The molecule has 0 aliphatic heterocycles. The van der Waals surface area contributed by atoms with E-state index in [0.717, 1.165) is 54.9 Å². The zero-order valence-electron chi connectivity index (χ0n) is 19.5. The first-order valence-electron chi connectivity index (χ1n) is 10.7. The second-order valence-electron chi connectivity index (χ2n) is 7.81. The molecule has 0 amide bonds. The van der Waals surface area contributed by atoms with E-state index in [2.05, 4.69) is 26.0 Å². The summed E-state index contributed by atoms with van der Waals surface area (Å²) < 4.78 is 49.7. The maximum absolute atomic E-state index is 12.8. The molecule has 0 saturated carbocycles. The largest absolute Gasteiger partial charge is 0.496 e. The fourth-order valence-electron chi connectivity index (χ4n) is 3.67. The number of carbonyl (C=O) groups excluding carboxylic acids is 2. The molecule has 0 radical (unpaired) electrons. The highest BCUT2D eigenvalue weighted by Crippen LogP contribution is 2.38. The van der Waals surface area contributed by atoms with Crippen LogP contribution < -0.4 is 9.47 Å². The van der Waals surface area contributed by atoms with E-state index in [9.17, 15) is 13.2 Å². The molecule has 0 saturated heterocycles. The average molecular weight is 485 g/mol. The minimum absolute atomic E-state index is 0.0370. The molecule has 0 heterocycles. The topological polar surface area (TPSA) is 52.6 Å². The molecule has 2 aromatic carbocycles. The molecule has 0 aliphatic carbocycles. The molecular formula is C25H31F3O4S. The zero-order valence-corrected chi connectivity index (χ0v) is 20.3. The molecule has 0 aliphatic rings. The van der Waals surface area contributed by atoms with Gasteiger partial charge in [-0.15, -0.1) is 11.8 Å². The van der Waals surface area contributed by atoms with Crippen molar-refractivity contribution >= 4 is 17.9 Å². The summed E-state index contributed by atoms with van der Waals surface area (Å²) in [6.45, 7) is 6.83. The number of methoxy groups -OCH3 is 1. The molecule has 0 fully saturated rings. The Morgan fingerprint density at radius 2 is 1.55 bits per heavy atom. The van der Waals surface area contributed by atoms with E-state index in [1.54, 1.807) is 18.9 Å². The van der Waals surface area contributed by atoms with Crippen molar-refractivity contribution in [1.82, 2.24) is 0 Å². The van der Waals surface area contributed by atoms with Gasteiger partial charge in [0, 0.05) is 16.1 Å². The van der Waals surface area contributed by atoms with Crippen LogP contribution in [-0.4, -0.2) is 25.6 Å². The molecule has 8 heteroatoms. The lowest BCUT2D eigenvalue weighted by atomic mass is 9.82. The standard InChI is InChI=1S/C24H31F3O2S.CO2/c1-5-13-23(14-6-2,17-30-21-11-12-22(28-4)18(3)15-21)16-29-20-9-7-19(8-10-20)24(25,26)27;2-1-3/h7-12,15H,5-6,13-14,16-17H2,1-4H3;. The lowest BCUT2D eigenvalue weighted by molar-refractivity contribution is -0.191. The van der Waals surface area contributed by atoms with E-state index in [0.29, 0.717) is 12.4 Å². The maximum atomic E-state index is 12.8. The Morgan fingerprint density at radius 1 is 0.970 bits per heavy atom. The van der Waals surface area contributed by atoms with Crippen molar-refractivity contribution in [2.24, 2.45) is 5.41 Å². The van der Waals surface area contributed by atoms with E-state index in [1.807, 2.05) is 13.0 Å². The fourth-order valence-corrected chi connectivity index (χ4v) is 4.94. The lowest BCUT2D eigenvalue weighted by Gasteiger charge is -2.33. The smallest absolute Gasteiger partial charge is 0.416 e. The summed E-state index contributed by atoms with van der Waals surface area (Å²) in [6, 6.07) is 11.1. The van der Waals surface area contributed by atoms with Crippen LogP contribution in [0.4, 0.5) is 13.2 Å². The van der Waals surface area contributed by atoms with Crippen LogP contribution in [0.3, 0.4) is 0 Å². The number of aryl methyl sites for hydroxylation is 1. The number of benzene rings is 2. The Bertz CT molecular complexity index is 870. The van der Waals surface area contributed by atoms with Crippen LogP contribution in [0.2, 0.25) is 0 Å². The summed E-state index contributed by atoms with van der Waals surface area (Å²) in [5.41, 5.74) is 0.402. The molecule has 0 aromatic heterocycles. The third-order valence-corrected chi connectivity index (χ3v) is 6.54. The number of halogens is 3. The van der Waals surface area contributed by atoms with Gasteiger partial charge < -0.3 is 9.47 Å². The number of hydrogen-bond donors (Lipinski definition) is 0. The van der Waals surface area contributed by atoms with Crippen molar-refractivity contribution in [2.45, 2.75) is 57.5 Å². The SMILES string of the molecule is CCCC(CCC)(COc1ccc(C(F)(F)F)cc1)CSc1ccc(OC)c(C)c1.O=C=O. The molecule has 0 N–H and O–H groups in total.